The molecule has 0 saturated heterocycles. The molecule has 1 aromatic rings. The van der Waals surface area contributed by atoms with Gasteiger partial charge in [0.05, 0.1) is 11.2 Å². The van der Waals surface area contributed by atoms with Crippen molar-refractivity contribution in [2.45, 2.75) is 44.1 Å². The molecule has 3 N–H and O–H groups in total. The predicted molar refractivity (Wildman–Crippen MR) is 84.2 cm³/mol. The molecule has 1 heterocycles. The number of pyridine rings is 1. The van der Waals surface area contributed by atoms with Crippen LogP contribution in [0.25, 0.3) is 0 Å². The number of aryl methyl sites for hydroxylation is 2. The number of nitrogens with two attached hydrogens (primary N) is 1. The van der Waals surface area contributed by atoms with E-state index in [4.69, 9.17) is 27.7 Å². The molecule has 5 heteroatoms. The summed E-state index contributed by atoms with van der Waals surface area (Å²) in [7, 11) is 1.78. The van der Waals surface area contributed by atoms with Gasteiger partial charge in [-0.15, -0.1) is 0 Å². The van der Waals surface area contributed by atoms with Crippen LogP contribution >= 0.6 is 12.2 Å². The maximum Gasteiger partial charge on any atom is 0.136 e. The molecular formula is C15H21N3OS. The summed E-state index contributed by atoms with van der Waals surface area (Å²) in [6, 6.07) is 2.11. The van der Waals surface area contributed by atoms with E-state index in [1.807, 2.05) is 0 Å². The molecule has 0 aliphatic heterocycles. The fourth-order valence-corrected chi connectivity index (χ4v) is 3.22. The number of ether oxygens (including phenoxy) is 1. The zero-order chi connectivity index (χ0) is 14.2. The Morgan fingerprint density at radius 2 is 2.25 bits per heavy atom. The fourth-order valence-electron chi connectivity index (χ4n) is 3.06. The summed E-state index contributed by atoms with van der Waals surface area (Å²) >= 11 is 5.17. The van der Waals surface area contributed by atoms with E-state index in [0.29, 0.717) is 4.99 Å². The Hall–Kier alpha value is -1.20. The SMILES string of the molecule is COC1(CNc2nc3c(cc2C(N)=S)CCC3)CCC1. The summed E-state index contributed by atoms with van der Waals surface area (Å²) in [6.45, 7) is 0.769. The van der Waals surface area contributed by atoms with Crippen LogP contribution in [0.1, 0.15) is 42.5 Å². The summed E-state index contributed by atoms with van der Waals surface area (Å²) < 4.78 is 5.63. The van der Waals surface area contributed by atoms with E-state index in [1.165, 1.54) is 24.1 Å². The number of fused-ring (bicyclic) bond motifs is 1. The third kappa shape index (κ3) is 2.40. The first-order valence-electron chi connectivity index (χ1n) is 7.25. The summed E-state index contributed by atoms with van der Waals surface area (Å²) in [5.74, 6) is 0.821. The monoisotopic (exact) mass is 291 g/mol. The molecule has 2 aliphatic rings. The van der Waals surface area contributed by atoms with Crippen molar-refractivity contribution in [2.75, 3.05) is 19.0 Å². The fraction of sp³-hybridized carbons (Fsp3) is 0.600. The number of rotatable bonds is 5. The number of aromatic nitrogens is 1. The van der Waals surface area contributed by atoms with Crippen LogP contribution in [0.15, 0.2) is 6.07 Å². The molecule has 0 radical (unpaired) electrons. The molecule has 1 fully saturated rings. The number of thiocarbonyl (C=S) groups is 1. The average Bonchev–Trinajstić information content (AvgIpc) is 2.84. The number of hydrogen-bond donors (Lipinski definition) is 2. The van der Waals surface area contributed by atoms with E-state index >= 15 is 0 Å². The van der Waals surface area contributed by atoms with E-state index in [2.05, 4.69) is 11.4 Å². The van der Waals surface area contributed by atoms with E-state index in [9.17, 15) is 0 Å². The quantitative estimate of drug-likeness (QED) is 0.814. The molecule has 1 saturated carbocycles. The Morgan fingerprint density at radius 1 is 1.45 bits per heavy atom. The molecular weight excluding hydrogens is 270 g/mol. The summed E-state index contributed by atoms with van der Waals surface area (Å²) in [5.41, 5.74) is 9.16. The highest BCUT2D eigenvalue weighted by atomic mass is 32.1. The molecule has 3 rings (SSSR count). The number of anilines is 1. The van der Waals surface area contributed by atoms with E-state index in [-0.39, 0.29) is 5.60 Å². The normalized spacial score (nSPS) is 19.2. The summed E-state index contributed by atoms with van der Waals surface area (Å²) in [4.78, 5) is 5.15. The highest BCUT2D eigenvalue weighted by Gasteiger charge is 2.37. The topological polar surface area (TPSA) is 60.2 Å². The average molecular weight is 291 g/mol. The number of nitrogens with zero attached hydrogens (tertiary/aromatic N) is 1. The first-order chi connectivity index (χ1) is 9.63. The molecule has 108 valence electrons. The highest BCUT2D eigenvalue weighted by molar-refractivity contribution is 7.80. The zero-order valence-corrected chi connectivity index (χ0v) is 12.7. The van der Waals surface area contributed by atoms with Gasteiger partial charge in [0.2, 0.25) is 0 Å². The van der Waals surface area contributed by atoms with Gasteiger partial charge < -0.3 is 15.8 Å². The third-order valence-corrected chi connectivity index (χ3v) is 4.81. The molecule has 0 bridgehead atoms. The van der Waals surface area contributed by atoms with Crippen molar-refractivity contribution in [1.29, 1.82) is 0 Å². The summed E-state index contributed by atoms with van der Waals surface area (Å²) in [5, 5.41) is 3.41. The van der Waals surface area contributed by atoms with Crippen LogP contribution in [0.2, 0.25) is 0 Å². The molecule has 20 heavy (non-hydrogen) atoms. The van der Waals surface area contributed by atoms with Gasteiger partial charge in [0.15, 0.2) is 0 Å². The van der Waals surface area contributed by atoms with Crippen LogP contribution in [0.5, 0.6) is 0 Å². The largest absolute Gasteiger partial charge is 0.389 e. The van der Waals surface area contributed by atoms with Gasteiger partial charge in [-0.2, -0.15) is 0 Å². The molecule has 0 unspecified atom stereocenters. The molecule has 1 aromatic heterocycles. The van der Waals surface area contributed by atoms with Crippen molar-refractivity contribution in [3.63, 3.8) is 0 Å². The Bertz CT molecular complexity index is 535. The molecule has 0 aromatic carbocycles. The first kappa shape index (κ1) is 13.8. The molecule has 0 atom stereocenters. The number of methoxy groups -OCH3 is 1. The number of nitrogens with one attached hydrogen (secondary N) is 1. The Balaban J connectivity index is 1.82. The second-order valence-corrected chi connectivity index (χ2v) is 6.24. The van der Waals surface area contributed by atoms with Crippen LogP contribution < -0.4 is 11.1 Å². The molecule has 2 aliphatic carbocycles. The van der Waals surface area contributed by atoms with Gasteiger partial charge in [0.25, 0.3) is 0 Å². The highest BCUT2D eigenvalue weighted by Crippen LogP contribution is 2.35. The number of hydrogen-bond acceptors (Lipinski definition) is 4. The third-order valence-electron chi connectivity index (χ3n) is 4.59. The summed E-state index contributed by atoms with van der Waals surface area (Å²) in [6.07, 6.45) is 6.74. The van der Waals surface area contributed by atoms with Gasteiger partial charge in [0.1, 0.15) is 10.8 Å². The van der Waals surface area contributed by atoms with Crippen molar-refractivity contribution < 1.29 is 4.74 Å². The smallest absolute Gasteiger partial charge is 0.136 e. The minimum atomic E-state index is -0.0335. The lowest BCUT2D eigenvalue weighted by atomic mass is 9.80. The maximum absolute atomic E-state index is 5.85. The molecule has 0 spiro atoms. The van der Waals surface area contributed by atoms with E-state index in [1.54, 1.807) is 7.11 Å². The maximum atomic E-state index is 5.85. The lowest BCUT2D eigenvalue weighted by Gasteiger charge is -2.40. The second kappa shape index (κ2) is 5.30. The van der Waals surface area contributed by atoms with Gasteiger partial charge in [0, 0.05) is 19.3 Å². The van der Waals surface area contributed by atoms with Crippen LogP contribution in [-0.2, 0) is 17.6 Å². The first-order valence-corrected chi connectivity index (χ1v) is 7.66. The Labute approximate surface area is 125 Å². The molecule has 4 nitrogen and oxygen atoms in total. The zero-order valence-electron chi connectivity index (χ0n) is 11.9. The Morgan fingerprint density at radius 3 is 2.85 bits per heavy atom. The Kier molecular flexibility index (Phi) is 3.65. The lowest BCUT2D eigenvalue weighted by molar-refractivity contribution is -0.0601. The van der Waals surface area contributed by atoms with Gasteiger partial charge in [-0.25, -0.2) is 4.98 Å². The van der Waals surface area contributed by atoms with Crippen molar-refractivity contribution in [3.8, 4) is 0 Å². The van der Waals surface area contributed by atoms with Crippen LogP contribution in [0.3, 0.4) is 0 Å². The van der Waals surface area contributed by atoms with E-state index in [0.717, 1.165) is 43.6 Å². The minimum absolute atomic E-state index is 0.0335. The van der Waals surface area contributed by atoms with Crippen molar-refractivity contribution in [2.24, 2.45) is 5.73 Å². The molecule has 0 amide bonds. The van der Waals surface area contributed by atoms with Crippen LogP contribution in [-0.4, -0.2) is 29.2 Å². The van der Waals surface area contributed by atoms with Gasteiger partial charge in [-0.1, -0.05) is 12.2 Å². The standard InChI is InChI=1S/C15H21N3OS/c1-19-15(6-3-7-15)9-17-14-11(13(16)20)8-10-4-2-5-12(10)18-14/h8H,2-7,9H2,1H3,(H2,16,20)(H,17,18). The lowest BCUT2D eigenvalue weighted by Crippen LogP contribution is -2.45. The predicted octanol–water partition coefficient (Wildman–Crippen LogP) is 2.19. The van der Waals surface area contributed by atoms with Crippen molar-refractivity contribution >= 4 is 23.0 Å². The van der Waals surface area contributed by atoms with Crippen molar-refractivity contribution in [1.82, 2.24) is 4.98 Å². The van der Waals surface area contributed by atoms with Crippen LogP contribution in [0, 0.1) is 0 Å². The van der Waals surface area contributed by atoms with Gasteiger partial charge in [-0.05, 0) is 50.2 Å². The van der Waals surface area contributed by atoms with Crippen LogP contribution in [0.4, 0.5) is 5.82 Å². The van der Waals surface area contributed by atoms with Gasteiger partial charge in [-0.3, -0.25) is 0 Å². The van der Waals surface area contributed by atoms with Crippen molar-refractivity contribution in [3.05, 3.63) is 22.9 Å². The van der Waals surface area contributed by atoms with E-state index < -0.39 is 0 Å². The van der Waals surface area contributed by atoms with Gasteiger partial charge >= 0.3 is 0 Å². The second-order valence-electron chi connectivity index (χ2n) is 5.80. The minimum Gasteiger partial charge on any atom is -0.389 e.